The molecule has 0 aliphatic carbocycles. The number of hydrogen-bond acceptors (Lipinski definition) is 5. The molecule has 5 nitrogen and oxygen atoms in total. The molecule has 68 valence electrons. The van der Waals surface area contributed by atoms with E-state index in [0.717, 1.165) is 6.21 Å². The zero-order chi connectivity index (χ0) is 9.84. The molecular formula is C8H9N3O2. The van der Waals surface area contributed by atoms with Gasteiger partial charge in [0.25, 0.3) is 0 Å². The number of methoxy groups -OCH3 is 1. The molecule has 0 atom stereocenters. The third-order valence-electron chi connectivity index (χ3n) is 1.49. The number of nitrogen functional groups attached to an aromatic ring is 1. The Kier molecular flexibility index (Phi) is 2.59. The third-order valence-corrected chi connectivity index (χ3v) is 1.49. The Morgan fingerprint density at radius 2 is 2.38 bits per heavy atom. The summed E-state index contributed by atoms with van der Waals surface area (Å²) in [6.45, 7) is 0. The van der Waals surface area contributed by atoms with Crippen molar-refractivity contribution in [3.05, 3.63) is 23.5 Å². The van der Waals surface area contributed by atoms with E-state index in [1.807, 2.05) is 0 Å². The molecule has 5 heteroatoms. The van der Waals surface area contributed by atoms with E-state index in [4.69, 9.17) is 11.1 Å². The van der Waals surface area contributed by atoms with Gasteiger partial charge >= 0.3 is 5.97 Å². The molecular weight excluding hydrogens is 170 g/mol. The van der Waals surface area contributed by atoms with Crippen LogP contribution in [0.15, 0.2) is 12.1 Å². The summed E-state index contributed by atoms with van der Waals surface area (Å²) in [6.07, 6.45) is 0.988. The first-order valence-electron chi connectivity index (χ1n) is 3.54. The maximum atomic E-state index is 11.0. The van der Waals surface area contributed by atoms with Gasteiger partial charge in [-0.15, -0.1) is 0 Å². The summed E-state index contributed by atoms with van der Waals surface area (Å²) >= 11 is 0. The van der Waals surface area contributed by atoms with Crippen molar-refractivity contribution < 1.29 is 9.53 Å². The van der Waals surface area contributed by atoms with Crippen molar-refractivity contribution in [3.8, 4) is 0 Å². The summed E-state index contributed by atoms with van der Waals surface area (Å²) in [6, 6.07) is 2.97. The zero-order valence-corrected chi connectivity index (χ0v) is 7.07. The van der Waals surface area contributed by atoms with E-state index < -0.39 is 5.97 Å². The summed E-state index contributed by atoms with van der Waals surface area (Å²) in [5.74, 6) is -0.539. The van der Waals surface area contributed by atoms with Crippen LogP contribution in [0.3, 0.4) is 0 Å². The summed E-state index contributed by atoms with van der Waals surface area (Å²) in [7, 11) is 1.27. The maximum absolute atomic E-state index is 11.0. The fraction of sp³-hybridized carbons (Fsp3) is 0.125. The van der Waals surface area contributed by atoms with Crippen LogP contribution in [0, 0.1) is 5.41 Å². The molecule has 0 fully saturated rings. The van der Waals surface area contributed by atoms with E-state index in [9.17, 15) is 4.79 Å². The monoisotopic (exact) mass is 179 g/mol. The second kappa shape index (κ2) is 3.66. The second-order valence-corrected chi connectivity index (χ2v) is 2.31. The highest BCUT2D eigenvalue weighted by molar-refractivity contribution is 5.90. The molecule has 1 heterocycles. The molecule has 0 saturated carbocycles. The minimum atomic E-state index is -0.539. The Balaban J connectivity index is 3.13. The number of esters is 1. The molecule has 0 amide bonds. The number of anilines is 1. The van der Waals surface area contributed by atoms with Gasteiger partial charge in [0.2, 0.25) is 0 Å². The number of nitrogens with one attached hydrogen (secondary N) is 1. The van der Waals surface area contributed by atoms with Crippen LogP contribution >= 0.6 is 0 Å². The van der Waals surface area contributed by atoms with Crippen molar-refractivity contribution in [3.63, 3.8) is 0 Å². The quantitative estimate of drug-likeness (QED) is 0.509. The number of hydrogen-bond donors (Lipinski definition) is 2. The minimum Gasteiger partial charge on any atom is -0.464 e. The Morgan fingerprint density at radius 3 is 2.92 bits per heavy atom. The average Bonchev–Trinajstić information content (AvgIpc) is 2.17. The fourth-order valence-electron chi connectivity index (χ4n) is 0.820. The van der Waals surface area contributed by atoms with E-state index in [1.165, 1.54) is 19.2 Å². The normalized spacial score (nSPS) is 9.31. The van der Waals surface area contributed by atoms with Crippen molar-refractivity contribution >= 4 is 17.9 Å². The molecule has 0 radical (unpaired) electrons. The van der Waals surface area contributed by atoms with Crippen LogP contribution in [0.5, 0.6) is 0 Å². The number of nitrogens with two attached hydrogens (primary N) is 1. The van der Waals surface area contributed by atoms with Crippen LogP contribution in [-0.4, -0.2) is 24.3 Å². The van der Waals surface area contributed by atoms with Gasteiger partial charge in [-0.05, 0) is 12.1 Å². The highest BCUT2D eigenvalue weighted by atomic mass is 16.5. The highest BCUT2D eigenvalue weighted by Crippen LogP contribution is 2.07. The lowest BCUT2D eigenvalue weighted by molar-refractivity contribution is 0.0594. The van der Waals surface area contributed by atoms with Gasteiger partial charge in [0.15, 0.2) is 0 Å². The molecule has 3 N–H and O–H groups in total. The Bertz CT molecular complexity index is 349. The minimum absolute atomic E-state index is 0.148. The number of rotatable bonds is 2. The van der Waals surface area contributed by atoms with Gasteiger partial charge in [0.05, 0.1) is 12.8 Å². The Hall–Kier alpha value is -1.91. The van der Waals surface area contributed by atoms with Crippen LogP contribution in [-0.2, 0) is 4.74 Å². The van der Waals surface area contributed by atoms with Crippen LogP contribution in [0.1, 0.15) is 16.2 Å². The third kappa shape index (κ3) is 1.81. The lowest BCUT2D eigenvalue weighted by atomic mass is 10.2. The Labute approximate surface area is 75.0 Å². The molecule has 0 aliphatic heterocycles. The first kappa shape index (κ1) is 9.18. The number of ether oxygens (including phenoxy) is 1. The number of pyridine rings is 1. The van der Waals surface area contributed by atoms with Crippen molar-refractivity contribution in [2.45, 2.75) is 0 Å². The van der Waals surface area contributed by atoms with Crippen LogP contribution in [0.2, 0.25) is 0 Å². The largest absolute Gasteiger partial charge is 0.464 e. The van der Waals surface area contributed by atoms with Gasteiger partial charge < -0.3 is 15.9 Å². The number of carbonyl (C=O) groups is 1. The number of aromatic nitrogens is 1. The van der Waals surface area contributed by atoms with Crippen LogP contribution in [0.4, 0.5) is 5.69 Å². The molecule has 0 unspecified atom stereocenters. The molecule has 0 saturated heterocycles. The fourth-order valence-corrected chi connectivity index (χ4v) is 0.820. The molecule has 1 aromatic heterocycles. The van der Waals surface area contributed by atoms with E-state index >= 15 is 0 Å². The molecule has 13 heavy (non-hydrogen) atoms. The summed E-state index contributed by atoms with van der Waals surface area (Å²) in [5.41, 5.74) is 6.25. The van der Waals surface area contributed by atoms with E-state index in [2.05, 4.69) is 9.72 Å². The van der Waals surface area contributed by atoms with Crippen molar-refractivity contribution in [1.29, 1.82) is 5.41 Å². The van der Waals surface area contributed by atoms with E-state index in [0.29, 0.717) is 5.69 Å². The summed E-state index contributed by atoms with van der Waals surface area (Å²) in [4.78, 5) is 14.8. The molecule has 0 bridgehead atoms. The van der Waals surface area contributed by atoms with Crippen molar-refractivity contribution in [1.82, 2.24) is 4.98 Å². The molecule has 0 aliphatic rings. The van der Waals surface area contributed by atoms with E-state index in [-0.39, 0.29) is 11.4 Å². The van der Waals surface area contributed by atoms with Gasteiger partial charge in [-0.25, -0.2) is 9.78 Å². The van der Waals surface area contributed by atoms with Gasteiger partial charge in [-0.3, -0.25) is 0 Å². The smallest absolute Gasteiger partial charge is 0.356 e. The van der Waals surface area contributed by atoms with Gasteiger partial charge in [0.1, 0.15) is 11.4 Å². The molecule has 0 spiro atoms. The molecule has 0 aromatic carbocycles. The predicted octanol–water partition coefficient (Wildman–Crippen LogP) is 0.448. The van der Waals surface area contributed by atoms with Crippen LogP contribution in [0.25, 0.3) is 0 Å². The lowest BCUT2D eigenvalue weighted by Gasteiger charge is -2.01. The van der Waals surface area contributed by atoms with Gasteiger partial charge in [-0.2, -0.15) is 0 Å². The van der Waals surface area contributed by atoms with Crippen LogP contribution < -0.4 is 5.73 Å². The standard InChI is InChI=1S/C8H9N3O2/c1-13-8(12)6-3-2-5(10)7(4-9)11-6/h2-4,9H,10H2,1H3. The average molecular weight is 179 g/mol. The number of carbonyl (C=O) groups excluding carboxylic acids is 1. The topological polar surface area (TPSA) is 89.1 Å². The highest BCUT2D eigenvalue weighted by Gasteiger charge is 2.08. The predicted molar refractivity (Wildman–Crippen MR) is 47.9 cm³/mol. The van der Waals surface area contributed by atoms with E-state index in [1.54, 1.807) is 0 Å². The lowest BCUT2D eigenvalue weighted by Crippen LogP contribution is -2.07. The first-order valence-corrected chi connectivity index (χ1v) is 3.54. The number of nitrogens with zero attached hydrogens (tertiary/aromatic N) is 1. The second-order valence-electron chi connectivity index (χ2n) is 2.31. The van der Waals surface area contributed by atoms with Crippen molar-refractivity contribution in [2.24, 2.45) is 0 Å². The summed E-state index contributed by atoms with van der Waals surface area (Å²) < 4.78 is 4.46. The van der Waals surface area contributed by atoms with Gasteiger partial charge in [0, 0.05) is 6.21 Å². The first-order chi connectivity index (χ1) is 6.19. The van der Waals surface area contributed by atoms with Crippen molar-refractivity contribution in [2.75, 3.05) is 12.8 Å². The molecule has 1 rings (SSSR count). The molecule has 1 aromatic rings. The summed E-state index contributed by atoms with van der Waals surface area (Å²) in [5, 5.41) is 6.96. The zero-order valence-electron chi connectivity index (χ0n) is 7.07. The SMILES string of the molecule is COC(=O)c1ccc(N)c(C=N)n1. The maximum Gasteiger partial charge on any atom is 0.356 e. The van der Waals surface area contributed by atoms with Gasteiger partial charge in [-0.1, -0.05) is 0 Å². The Morgan fingerprint density at radius 1 is 1.69 bits per heavy atom.